The molecule has 6 heteroatoms. The highest BCUT2D eigenvalue weighted by molar-refractivity contribution is 6.00. The molecule has 2 saturated heterocycles. The van der Waals surface area contributed by atoms with Crippen molar-refractivity contribution in [1.82, 2.24) is 14.9 Å². The van der Waals surface area contributed by atoms with E-state index in [2.05, 4.69) is 18.0 Å². The summed E-state index contributed by atoms with van der Waals surface area (Å²) in [7, 11) is 0. The Morgan fingerprint density at radius 2 is 1.84 bits per heavy atom. The van der Waals surface area contributed by atoms with E-state index in [4.69, 9.17) is 4.98 Å². The van der Waals surface area contributed by atoms with Crippen molar-refractivity contribution in [2.75, 3.05) is 24.5 Å². The van der Waals surface area contributed by atoms with Crippen LogP contribution in [0.4, 0.5) is 5.69 Å². The number of aromatic nitrogens is 2. The van der Waals surface area contributed by atoms with Crippen LogP contribution in [0.3, 0.4) is 0 Å². The summed E-state index contributed by atoms with van der Waals surface area (Å²) in [5.41, 5.74) is 4.16. The average molecular weight is 417 g/mol. The van der Waals surface area contributed by atoms with Crippen molar-refractivity contribution in [3.8, 4) is 0 Å². The molecular formula is C25H28N4O2. The van der Waals surface area contributed by atoms with Gasteiger partial charge in [-0.1, -0.05) is 37.3 Å². The predicted octanol–water partition coefficient (Wildman–Crippen LogP) is 3.88. The molecule has 2 aliphatic rings. The molecule has 3 aromatic rings. The molecule has 0 radical (unpaired) electrons. The minimum atomic E-state index is -0.250. The molecule has 0 spiro atoms. The summed E-state index contributed by atoms with van der Waals surface area (Å²) in [5, 5.41) is 0. The molecule has 5 rings (SSSR count). The second-order valence-electron chi connectivity index (χ2n) is 8.63. The lowest BCUT2D eigenvalue weighted by Gasteiger charge is -2.32. The monoisotopic (exact) mass is 416 g/mol. The molecule has 160 valence electrons. The zero-order chi connectivity index (χ0) is 21.4. The second-order valence-corrected chi connectivity index (χ2v) is 8.63. The van der Waals surface area contributed by atoms with Gasteiger partial charge in [0.1, 0.15) is 5.82 Å². The van der Waals surface area contributed by atoms with Crippen molar-refractivity contribution in [3.63, 3.8) is 0 Å². The SMILES string of the molecule is CCc1ccccc1N1CC(C(=O)N2CCC(c3nc4ccccc4[nH]3)CC2)CC1=O. The van der Waals surface area contributed by atoms with Gasteiger partial charge in [0.05, 0.1) is 17.0 Å². The topological polar surface area (TPSA) is 69.3 Å². The van der Waals surface area contributed by atoms with Crippen molar-refractivity contribution in [3.05, 3.63) is 59.9 Å². The number of likely N-dealkylation sites (tertiary alicyclic amines) is 1. The highest BCUT2D eigenvalue weighted by atomic mass is 16.2. The number of fused-ring (bicyclic) bond motifs is 1. The van der Waals surface area contributed by atoms with Crippen LogP contribution in [0.15, 0.2) is 48.5 Å². The van der Waals surface area contributed by atoms with Crippen LogP contribution in [0.2, 0.25) is 0 Å². The number of aryl methyl sites for hydroxylation is 1. The van der Waals surface area contributed by atoms with Crippen molar-refractivity contribution in [2.24, 2.45) is 5.92 Å². The summed E-state index contributed by atoms with van der Waals surface area (Å²) < 4.78 is 0. The first-order valence-corrected chi connectivity index (χ1v) is 11.3. The van der Waals surface area contributed by atoms with Crippen molar-refractivity contribution in [1.29, 1.82) is 0 Å². The van der Waals surface area contributed by atoms with E-state index in [1.165, 1.54) is 0 Å². The maximum absolute atomic E-state index is 13.2. The van der Waals surface area contributed by atoms with Gasteiger partial charge in [-0.15, -0.1) is 0 Å². The van der Waals surface area contributed by atoms with Crippen LogP contribution in [0.5, 0.6) is 0 Å². The number of carbonyl (C=O) groups is 2. The number of para-hydroxylation sites is 3. The third kappa shape index (κ3) is 3.71. The molecule has 0 saturated carbocycles. The van der Waals surface area contributed by atoms with E-state index in [0.717, 1.165) is 60.5 Å². The van der Waals surface area contributed by atoms with Crippen LogP contribution in [-0.4, -0.2) is 46.3 Å². The number of piperidine rings is 1. The van der Waals surface area contributed by atoms with Crippen LogP contribution in [0.1, 0.15) is 43.5 Å². The molecule has 1 atom stereocenters. The fourth-order valence-electron chi connectivity index (χ4n) is 4.98. The molecule has 2 aliphatic heterocycles. The van der Waals surface area contributed by atoms with Gasteiger partial charge in [-0.3, -0.25) is 9.59 Å². The number of aromatic amines is 1. The van der Waals surface area contributed by atoms with E-state index < -0.39 is 0 Å². The van der Waals surface area contributed by atoms with E-state index >= 15 is 0 Å². The zero-order valence-electron chi connectivity index (χ0n) is 17.9. The van der Waals surface area contributed by atoms with Crippen LogP contribution >= 0.6 is 0 Å². The fourth-order valence-corrected chi connectivity index (χ4v) is 4.98. The van der Waals surface area contributed by atoms with E-state index in [9.17, 15) is 9.59 Å². The first-order chi connectivity index (χ1) is 15.1. The molecule has 1 N–H and O–H groups in total. The molecule has 2 aromatic carbocycles. The van der Waals surface area contributed by atoms with Gasteiger partial charge in [-0.25, -0.2) is 4.98 Å². The summed E-state index contributed by atoms with van der Waals surface area (Å²) in [5.74, 6) is 1.28. The molecule has 1 unspecified atom stereocenters. The van der Waals surface area contributed by atoms with Crippen LogP contribution in [0, 0.1) is 5.92 Å². The minimum Gasteiger partial charge on any atom is -0.342 e. The number of H-pyrrole nitrogens is 1. The van der Waals surface area contributed by atoms with Gasteiger partial charge in [0.25, 0.3) is 0 Å². The predicted molar refractivity (Wildman–Crippen MR) is 121 cm³/mol. The lowest BCUT2D eigenvalue weighted by atomic mass is 9.95. The first-order valence-electron chi connectivity index (χ1n) is 11.3. The van der Waals surface area contributed by atoms with Crippen LogP contribution in [-0.2, 0) is 16.0 Å². The Hall–Kier alpha value is -3.15. The maximum Gasteiger partial charge on any atom is 0.228 e. The summed E-state index contributed by atoms with van der Waals surface area (Å²) >= 11 is 0. The second kappa shape index (κ2) is 8.17. The van der Waals surface area contributed by atoms with E-state index in [0.29, 0.717) is 18.9 Å². The lowest BCUT2D eigenvalue weighted by Crippen LogP contribution is -2.42. The van der Waals surface area contributed by atoms with Gasteiger partial charge in [-0.05, 0) is 43.0 Å². The summed E-state index contributed by atoms with van der Waals surface area (Å²) in [4.78, 5) is 37.8. The number of anilines is 1. The molecule has 2 fully saturated rings. The number of nitrogens with one attached hydrogen (secondary N) is 1. The third-order valence-corrected chi connectivity index (χ3v) is 6.74. The molecule has 3 heterocycles. The number of benzene rings is 2. The Labute approximate surface area is 182 Å². The quantitative estimate of drug-likeness (QED) is 0.702. The Bertz CT molecular complexity index is 1080. The zero-order valence-corrected chi connectivity index (χ0v) is 17.9. The van der Waals surface area contributed by atoms with Gasteiger partial charge in [0.2, 0.25) is 11.8 Å². The number of hydrogen-bond donors (Lipinski definition) is 1. The fraction of sp³-hybridized carbons (Fsp3) is 0.400. The number of amides is 2. The number of imidazole rings is 1. The molecule has 0 bridgehead atoms. The van der Waals surface area contributed by atoms with Gasteiger partial charge < -0.3 is 14.8 Å². The Morgan fingerprint density at radius 1 is 1.10 bits per heavy atom. The number of carbonyl (C=O) groups excluding carboxylic acids is 2. The van der Waals surface area contributed by atoms with Gasteiger partial charge >= 0.3 is 0 Å². The number of rotatable bonds is 4. The number of hydrogen-bond acceptors (Lipinski definition) is 3. The molecule has 1 aromatic heterocycles. The van der Waals surface area contributed by atoms with Crippen molar-refractivity contribution >= 4 is 28.5 Å². The molecular weight excluding hydrogens is 388 g/mol. The largest absolute Gasteiger partial charge is 0.342 e. The lowest BCUT2D eigenvalue weighted by molar-refractivity contribution is -0.136. The van der Waals surface area contributed by atoms with Crippen molar-refractivity contribution in [2.45, 2.75) is 38.5 Å². The Kier molecular flexibility index (Phi) is 5.22. The van der Waals surface area contributed by atoms with Gasteiger partial charge in [0, 0.05) is 37.7 Å². The molecule has 2 amide bonds. The maximum atomic E-state index is 13.2. The van der Waals surface area contributed by atoms with E-state index in [1.807, 2.05) is 52.3 Å². The minimum absolute atomic E-state index is 0.0522. The third-order valence-electron chi connectivity index (χ3n) is 6.74. The Morgan fingerprint density at radius 3 is 2.61 bits per heavy atom. The molecule has 0 aliphatic carbocycles. The summed E-state index contributed by atoms with van der Waals surface area (Å²) in [6.07, 6.45) is 2.97. The van der Waals surface area contributed by atoms with Crippen molar-refractivity contribution < 1.29 is 9.59 Å². The van der Waals surface area contributed by atoms with Gasteiger partial charge in [-0.2, -0.15) is 0 Å². The van der Waals surface area contributed by atoms with E-state index in [1.54, 1.807) is 0 Å². The number of nitrogens with zero attached hydrogens (tertiary/aromatic N) is 3. The average Bonchev–Trinajstić information content (AvgIpc) is 3.42. The van der Waals surface area contributed by atoms with E-state index in [-0.39, 0.29) is 17.7 Å². The summed E-state index contributed by atoms with van der Waals surface area (Å²) in [6, 6.07) is 16.1. The first kappa shape index (κ1) is 19.8. The Balaban J connectivity index is 1.23. The van der Waals surface area contributed by atoms with Gasteiger partial charge in [0.15, 0.2) is 0 Å². The summed E-state index contributed by atoms with van der Waals surface area (Å²) in [6.45, 7) is 4.01. The van der Waals surface area contributed by atoms with Crippen LogP contribution in [0.25, 0.3) is 11.0 Å². The normalized spacial score (nSPS) is 20.0. The smallest absolute Gasteiger partial charge is 0.228 e. The molecule has 31 heavy (non-hydrogen) atoms. The van der Waals surface area contributed by atoms with Crippen LogP contribution < -0.4 is 4.90 Å². The highest BCUT2D eigenvalue weighted by Crippen LogP contribution is 2.32. The standard InChI is InChI=1S/C25H28N4O2/c1-2-17-7-3-6-10-22(17)29-16-19(15-23(29)30)25(31)28-13-11-18(12-14-28)24-26-20-8-4-5-9-21(20)27-24/h3-10,18-19H,2,11-16H2,1H3,(H,26,27). The molecule has 6 nitrogen and oxygen atoms in total. The highest BCUT2D eigenvalue weighted by Gasteiger charge is 2.38.